The molecule has 2 fully saturated rings. The quantitative estimate of drug-likeness (QED) is 0.224. The maximum Gasteiger partial charge on any atom is 0.188 e. The number of aliphatic imine (C=N–C) groups is 1. The van der Waals surface area contributed by atoms with Crippen molar-refractivity contribution >= 4 is 35.6 Å². The minimum atomic E-state index is 0. The molecule has 30 heavy (non-hydrogen) atoms. The van der Waals surface area contributed by atoms with E-state index in [0.717, 1.165) is 52.2 Å². The molecular weight excluding hydrogens is 487 g/mol. The highest BCUT2D eigenvalue weighted by molar-refractivity contribution is 14.0. The van der Waals surface area contributed by atoms with Crippen molar-refractivity contribution in [1.29, 1.82) is 0 Å². The number of halogens is 1. The maximum absolute atomic E-state index is 6.05. The zero-order valence-electron chi connectivity index (χ0n) is 18.9. The van der Waals surface area contributed by atoms with E-state index >= 15 is 0 Å². The Morgan fingerprint density at radius 1 is 1.17 bits per heavy atom. The Hall–Kier alpha value is -1.06. The van der Waals surface area contributed by atoms with Crippen LogP contribution >= 0.6 is 24.0 Å². The molecule has 3 N–H and O–H groups in total. The fraction of sp³-hybridized carbons (Fsp3) is 0.696. The summed E-state index contributed by atoms with van der Waals surface area (Å²) in [6.07, 6.45) is 4.89. The molecule has 0 amide bonds. The van der Waals surface area contributed by atoms with Gasteiger partial charge < -0.3 is 16.0 Å². The Morgan fingerprint density at radius 3 is 2.70 bits per heavy atom. The summed E-state index contributed by atoms with van der Waals surface area (Å²) < 4.78 is 0. The number of rotatable bonds is 9. The van der Waals surface area contributed by atoms with Gasteiger partial charge in [-0.05, 0) is 69.9 Å². The molecule has 0 radical (unpaired) electrons. The van der Waals surface area contributed by atoms with Crippen LogP contribution in [0.2, 0.25) is 0 Å². The van der Waals surface area contributed by atoms with Gasteiger partial charge in [-0.3, -0.25) is 14.8 Å². The smallest absolute Gasteiger partial charge is 0.188 e. The molecule has 2 saturated heterocycles. The van der Waals surface area contributed by atoms with Crippen molar-refractivity contribution in [3.8, 4) is 0 Å². The first kappa shape index (κ1) is 25.2. The van der Waals surface area contributed by atoms with Crippen LogP contribution in [0.3, 0.4) is 0 Å². The molecule has 2 aliphatic heterocycles. The fourth-order valence-electron chi connectivity index (χ4n) is 4.51. The lowest BCUT2D eigenvalue weighted by Gasteiger charge is -2.36. The standard InChI is InChI=1S/C23H40N6.HI/c1-3-28-13-7-10-22(28)19-26-23(24)25-11-4-5-12-27-14-16-29(17-15-27)21-9-6-8-20(2)18-21;/h6,8-9,18,22H,3-5,7,10-17,19H2,1-2H3,(H3,24,25,26);1H. The van der Waals surface area contributed by atoms with E-state index < -0.39 is 0 Å². The molecule has 0 aliphatic carbocycles. The van der Waals surface area contributed by atoms with Gasteiger partial charge in [-0.25, -0.2) is 0 Å². The van der Waals surface area contributed by atoms with E-state index in [9.17, 15) is 0 Å². The number of benzene rings is 1. The first-order valence-corrected chi connectivity index (χ1v) is 11.5. The highest BCUT2D eigenvalue weighted by Crippen LogP contribution is 2.18. The monoisotopic (exact) mass is 528 g/mol. The third-order valence-electron chi connectivity index (χ3n) is 6.32. The Morgan fingerprint density at radius 2 is 1.97 bits per heavy atom. The molecule has 6 nitrogen and oxygen atoms in total. The van der Waals surface area contributed by atoms with Gasteiger partial charge in [-0.1, -0.05) is 19.1 Å². The Kier molecular flexibility index (Phi) is 11.2. The number of hydrogen-bond acceptors (Lipinski definition) is 4. The van der Waals surface area contributed by atoms with E-state index in [1.807, 2.05) is 0 Å². The first-order valence-electron chi connectivity index (χ1n) is 11.5. The second-order valence-electron chi connectivity index (χ2n) is 8.45. The number of piperazine rings is 1. The zero-order valence-corrected chi connectivity index (χ0v) is 21.2. The van der Waals surface area contributed by atoms with Gasteiger partial charge in [0.25, 0.3) is 0 Å². The Bertz CT molecular complexity index is 644. The van der Waals surface area contributed by atoms with Crippen LogP contribution in [0.4, 0.5) is 5.69 Å². The van der Waals surface area contributed by atoms with Crippen LogP contribution < -0.4 is 16.0 Å². The molecular formula is C23H41IN6. The number of nitrogens with one attached hydrogen (secondary N) is 1. The van der Waals surface area contributed by atoms with Gasteiger partial charge in [0.15, 0.2) is 5.96 Å². The van der Waals surface area contributed by atoms with Gasteiger partial charge in [0.2, 0.25) is 0 Å². The SMILES string of the molecule is CCN1CCCC1CN=C(N)NCCCCN1CCN(c2cccc(C)c2)CC1.I. The fourth-order valence-corrected chi connectivity index (χ4v) is 4.51. The lowest BCUT2D eigenvalue weighted by Crippen LogP contribution is -2.46. The van der Waals surface area contributed by atoms with Crippen LogP contribution in [-0.2, 0) is 0 Å². The number of hydrogen-bond donors (Lipinski definition) is 2. The maximum atomic E-state index is 6.05. The van der Waals surface area contributed by atoms with Crippen LogP contribution in [0, 0.1) is 6.92 Å². The molecule has 7 heteroatoms. The highest BCUT2D eigenvalue weighted by Gasteiger charge is 2.22. The van der Waals surface area contributed by atoms with Crippen molar-refractivity contribution < 1.29 is 0 Å². The lowest BCUT2D eigenvalue weighted by molar-refractivity contribution is 0.253. The molecule has 1 unspecified atom stereocenters. The number of guanidine groups is 1. The molecule has 0 aromatic heterocycles. The Labute approximate surface area is 200 Å². The number of aryl methyl sites for hydroxylation is 1. The number of anilines is 1. The van der Waals surface area contributed by atoms with Gasteiger partial charge >= 0.3 is 0 Å². The third kappa shape index (κ3) is 7.89. The molecule has 0 spiro atoms. The summed E-state index contributed by atoms with van der Waals surface area (Å²) in [6, 6.07) is 9.43. The largest absolute Gasteiger partial charge is 0.370 e. The summed E-state index contributed by atoms with van der Waals surface area (Å²) in [4.78, 5) is 12.2. The summed E-state index contributed by atoms with van der Waals surface area (Å²) in [5, 5.41) is 3.29. The van der Waals surface area contributed by atoms with Gasteiger partial charge in [0, 0.05) is 44.5 Å². The van der Waals surface area contributed by atoms with Crippen LogP contribution in [0.15, 0.2) is 29.3 Å². The van der Waals surface area contributed by atoms with Crippen molar-refractivity contribution in [3.05, 3.63) is 29.8 Å². The number of unbranched alkanes of at least 4 members (excludes halogenated alkanes) is 1. The molecule has 0 bridgehead atoms. The molecule has 1 aromatic rings. The van der Waals surface area contributed by atoms with Crippen molar-refractivity contribution in [3.63, 3.8) is 0 Å². The van der Waals surface area contributed by atoms with Gasteiger partial charge in [-0.2, -0.15) is 0 Å². The molecule has 0 saturated carbocycles. The molecule has 170 valence electrons. The predicted octanol–water partition coefficient (Wildman–Crippen LogP) is 2.90. The van der Waals surface area contributed by atoms with Crippen molar-refractivity contribution in [2.45, 2.75) is 45.6 Å². The number of likely N-dealkylation sites (tertiary alicyclic amines) is 1. The molecule has 3 rings (SSSR count). The number of nitrogens with zero attached hydrogens (tertiary/aromatic N) is 4. The first-order chi connectivity index (χ1) is 14.2. The van der Waals surface area contributed by atoms with Crippen LogP contribution in [0.25, 0.3) is 0 Å². The van der Waals surface area contributed by atoms with E-state index in [1.165, 1.54) is 43.6 Å². The summed E-state index contributed by atoms with van der Waals surface area (Å²) in [7, 11) is 0. The van der Waals surface area contributed by atoms with Crippen molar-refractivity contribution in [2.24, 2.45) is 10.7 Å². The number of likely N-dealkylation sites (N-methyl/N-ethyl adjacent to an activating group) is 1. The molecule has 2 heterocycles. The lowest BCUT2D eigenvalue weighted by atomic mass is 10.2. The number of nitrogens with two attached hydrogens (primary N) is 1. The van der Waals surface area contributed by atoms with E-state index in [0.29, 0.717) is 12.0 Å². The molecule has 1 aromatic carbocycles. The normalized spacial score (nSPS) is 20.9. The van der Waals surface area contributed by atoms with Crippen molar-refractivity contribution in [2.75, 3.05) is 63.8 Å². The third-order valence-corrected chi connectivity index (χ3v) is 6.32. The average Bonchev–Trinajstić information content (AvgIpc) is 3.20. The predicted molar refractivity (Wildman–Crippen MR) is 139 cm³/mol. The highest BCUT2D eigenvalue weighted by atomic mass is 127. The average molecular weight is 529 g/mol. The summed E-state index contributed by atoms with van der Waals surface area (Å²) >= 11 is 0. The summed E-state index contributed by atoms with van der Waals surface area (Å²) in [5.41, 5.74) is 8.75. The summed E-state index contributed by atoms with van der Waals surface area (Å²) in [6.45, 7) is 14.2. The van der Waals surface area contributed by atoms with E-state index in [4.69, 9.17) is 5.73 Å². The van der Waals surface area contributed by atoms with Gasteiger partial charge in [-0.15, -0.1) is 24.0 Å². The molecule has 1 atom stereocenters. The Balaban J connectivity index is 0.00000320. The second kappa shape index (κ2) is 13.4. The minimum Gasteiger partial charge on any atom is -0.370 e. The van der Waals surface area contributed by atoms with Crippen LogP contribution in [0.5, 0.6) is 0 Å². The van der Waals surface area contributed by atoms with E-state index in [-0.39, 0.29) is 24.0 Å². The van der Waals surface area contributed by atoms with E-state index in [1.54, 1.807) is 0 Å². The van der Waals surface area contributed by atoms with Crippen LogP contribution in [-0.4, -0.2) is 80.7 Å². The van der Waals surface area contributed by atoms with Gasteiger partial charge in [0.05, 0.1) is 6.54 Å². The van der Waals surface area contributed by atoms with Gasteiger partial charge in [0.1, 0.15) is 0 Å². The van der Waals surface area contributed by atoms with Crippen molar-refractivity contribution in [1.82, 2.24) is 15.1 Å². The summed E-state index contributed by atoms with van der Waals surface area (Å²) in [5.74, 6) is 0.611. The second-order valence-corrected chi connectivity index (χ2v) is 8.45. The molecule has 2 aliphatic rings. The zero-order chi connectivity index (χ0) is 20.5. The van der Waals surface area contributed by atoms with E-state index in [2.05, 4.69) is 63.1 Å². The topological polar surface area (TPSA) is 60.1 Å². The minimum absolute atomic E-state index is 0. The van der Waals surface area contributed by atoms with Crippen LogP contribution in [0.1, 0.15) is 38.2 Å².